The molecule has 0 radical (unpaired) electrons. The highest BCUT2D eigenvalue weighted by Gasteiger charge is 2.53. The Labute approximate surface area is 306 Å². The third kappa shape index (κ3) is 3.79. The minimum absolute atomic E-state index is 0.523. The number of ether oxygens (including phenoxy) is 3. The molecule has 0 saturated heterocycles. The number of rotatable bonds is 2. The van der Waals surface area contributed by atoms with Gasteiger partial charge in [-0.2, -0.15) is 0 Å². The zero-order valence-electron chi connectivity index (χ0n) is 28.4. The van der Waals surface area contributed by atoms with Crippen LogP contribution in [-0.2, 0) is 5.41 Å². The van der Waals surface area contributed by atoms with Gasteiger partial charge >= 0.3 is 0 Å². The molecule has 0 aromatic heterocycles. The Kier molecular flexibility index (Phi) is 5.67. The van der Waals surface area contributed by atoms with Crippen LogP contribution in [0.5, 0.6) is 34.5 Å². The maximum absolute atomic E-state index is 6.75. The van der Waals surface area contributed by atoms with Gasteiger partial charge in [-0.1, -0.05) is 115 Å². The lowest BCUT2D eigenvalue weighted by molar-refractivity contribution is 0.360. The van der Waals surface area contributed by atoms with E-state index in [0.29, 0.717) is 0 Å². The van der Waals surface area contributed by atoms with Crippen LogP contribution < -0.4 is 19.1 Å². The standard InChI is InChI=1S/C49H29NO3/c1-3-13-36-33(11-1)34-12-2-4-14-37(34)49(36)38-27-28-46-48(53-45-20-10-9-19-44(45)52-46)47(38)35-26-23-31(29-39(35)49)30-21-24-32(25-22-30)50-40-15-5-7-17-42(40)51-43-18-8-6-16-41(43)50/h1-29H. The van der Waals surface area contributed by atoms with Gasteiger partial charge in [0.05, 0.1) is 16.8 Å². The van der Waals surface area contributed by atoms with Crippen LogP contribution in [0.2, 0.25) is 0 Å². The molecule has 248 valence electrons. The van der Waals surface area contributed by atoms with E-state index in [2.05, 4.69) is 132 Å². The summed E-state index contributed by atoms with van der Waals surface area (Å²) >= 11 is 0. The third-order valence-electron chi connectivity index (χ3n) is 11.3. The average molecular weight is 680 g/mol. The second-order valence-electron chi connectivity index (χ2n) is 14.0. The first kappa shape index (κ1) is 28.6. The molecular formula is C49H29NO3. The zero-order chi connectivity index (χ0) is 34.7. The van der Waals surface area contributed by atoms with E-state index in [9.17, 15) is 0 Å². The van der Waals surface area contributed by atoms with Gasteiger partial charge in [-0.25, -0.2) is 0 Å². The van der Waals surface area contributed by atoms with Gasteiger partial charge in [-0.3, -0.25) is 0 Å². The highest BCUT2D eigenvalue weighted by molar-refractivity contribution is 5.99. The third-order valence-corrected chi connectivity index (χ3v) is 11.3. The van der Waals surface area contributed by atoms with Crippen LogP contribution in [-0.4, -0.2) is 0 Å². The summed E-state index contributed by atoms with van der Waals surface area (Å²) in [6.07, 6.45) is 0. The van der Waals surface area contributed by atoms with Crippen molar-refractivity contribution in [2.24, 2.45) is 0 Å². The van der Waals surface area contributed by atoms with Gasteiger partial charge in [-0.15, -0.1) is 0 Å². The van der Waals surface area contributed by atoms with E-state index in [-0.39, 0.29) is 0 Å². The van der Waals surface area contributed by atoms with E-state index in [4.69, 9.17) is 14.2 Å². The van der Waals surface area contributed by atoms with Crippen molar-refractivity contribution in [3.63, 3.8) is 0 Å². The van der Waals surface area contributed by atoms with Crippen molar-refractivity contribution < 1.29 is 14.2 Å². The van der Waals surface area contributed by atoms with E-state index in [1.807, 2.05) is 48.5 Å². The molecule has 4 aliphatic rings. The second-order valence-corrected chi connectivity index (χ2v) is 14.0. The molecule has 2 aliphatic carbocycles. The van der Waals surface area contributed by atoms with Crippen molar-refractivity contribution in [2.75, 3.05) is 4.90 Å². The summed E-state index contributed by atoms with van der Waals surface area (Å²) in [5, 5.41) is 0. The molecule has 4 nitrogen and oxygen atoms in total. The van der Waals surface area contributed by atoms with Crippen LogP contribution in [0.15, 0.2) is 176 Å². The van der Waals surface area contributed by atoms with E-state index >= 15 is 0 Å². The Morgan fingerprint density at radius 2 is 0.906 bits per heavy atom. The zero-order valence-corrected chi connectivity index (χ0v) is 28.4. The lowest BCUT2D eigenvalue weighted by atomic mass is 9.70. The van der Waals surface area contributed by atoms with E-state index in [1.54, 1.807) is 0 Å². The van der Waals surface area contributed by atoms with Crippen molar-refractivity contribution in [3.8, 4) is 67.9 Å². The van der Waals surface area contributed by atoms with E-state index < -0.39 is 5.41 Å². The summed E-state index contributed by atoms with van der Waals surface area (Å²) in [5.74, 6) is 4.64. The van der Waals surface area contributed by atoms with Gasteiger partial charge < -0.3 is 19.1 Å². The predicted molar refractivity (Wildman–Crippen MR) is 210 cm³/mol. The highest BCUT2D eigenvalue weighted by Crippen LogP contribution is 2.66. The summed E-state index contributed by atoms with van der Waals surface area (Å²) < 4.78 is 19.5. The summed E-state index contributed by atoms with van der Waals surface area (Å²) in [7, 11) is 0. The predicted octanol–water partition coefficient (Wildman–Crippen LogP) is 13.2. The number of fused-ring (bicyclic) bond motifs is 15. The number of benzene rings is 8. The molecule has 12 rings (SSSR count). The minimum atomic E-state index is -0.523. The highest BCUT2D eigenvalue weighted by atomic mass is 16.6. The monoisotopic (exact) mass is 679 g/mol. The molecule has 0 fully saturated rings. The minimum Gasteiger partial charge on any atom is -0.453 e. The molecule has 0 unspecified atom stereocenters. The fraction of sp³-hybridized carbons (Fsp3) is 0.0204. The van der Waals surface area contributed by atoms with Gasteiger partial charge in [0.15, 0.2) is 34.5 Å². The smallest absolute Gasteiger partial charge is 0.178 e. The van der Waals surface area contributed by atoms with Gasteiger partial charge in [0.2, 0.25) is 0 Å². The lowest BCUT2D eigenvalue weighted by Crippen LogP contribution is -2.26. The Hall–Kier alpha value is -7.04. The number of hydrogen-bond acceptors (Lipinski definition) is 4. The Morgan fingerprint density at radius 1 is 0.358 bits per heavy atom. The first-order chi connectivity index (χ1) is 26.3. The second kappa shape index (κ2) is 10.5. The molecule has 2 aliphatic heterocycles. The van der Waals surface area contributed by atoms with Crippen LogP contribution >= 0.6 is 0 Å². The topological polar surface area (TPSA) is 30.9 Å². The fourth-order valence-electron chi connectivity index (χ4n) is 9.17. The van der Waals surface area contributed by atoms with Gasteiger partial charge in [0.25, 0.3) is 0 Å². The summed E-state index contributed by atoms with van der Waals surface area (Å²) in [4.78, 5) is 2.28. The van der Waals surface area contributed by atoms with Crippen LogP contribution in [0.25, 0.3) is 33.4 Å². The molecule has 0 saturated carbocycles. The molecule has 0 atom stereocenters. The molecule has 8 aromatic carbocycles. The van der Waals surface area contributed by atoms with Crippen molar-refractivity contribution in [1.82, 2.24) is 0 Å². The van der Waals surface area contributed by atoms with E-state index in [0.717, 1.165) is 73.8 Å². The number of para-hydroxylation sites is 6. The van der Waals surface area contributed by atoms with Crippen molar-refractivity contribution >= 4 is 17.1 Å². The summed E-state index contributed by atoms with van der Waals surface area (Å²) in [6.45, 7) is 0. The normalized spacial score (nSPS) is 14.2. The first-order valence-electron chi connectivity index (χ1n) is 18.0. The van der Waals surface area contributed by atoms with Crippen LogP contribution in [0.1, 0.15) is 22.3 Å². The van der Waals surface area contributed by atoms with Crippen molar-refractivity contribution in [3.05, 3.63) is 198 Å². The van der Waals surface area contributed by atoms with Crippen LogP contribution in [0, 0.1) is 0 Å². The number of nitrogens with zero attached hydrogens (tertiary/aromatic N) is 1. The fourth-order valence-corrected chi connectivity index (χ4v) is 9.17. The molecule has 4 heteroatoms. The SMILES string of the molecule is c1ccc2c(c1)Oc1ccc3c(c1O2)-c1ccc(-c2ccc(N4c5ccccc5Oc5ccccc54)cc2)cc1C31c2ccccc2-c2ccccc21. The van der Waals surface area contributed by atoms with Crippen LogP contribution in [0.3, 0.4) is 0 Å². The maximum Gasteiger partial charge on any atom is 0.178 e. The number of anilines is 3. The molecular weight excluding hydrogens is 651 g/mol. The Balaban J connectivity index is 1.05. The maximum atomic E-state index is 6.75. The molecule has 0 N–H and O–H groups in total. The van der Waals surface area contributed by atoms with Crippen molar-refractivity contribution in [2.45, 2.75) is 5.41 Å². The number of hydrogen-bond donors (Lipinski definition) is 0. The quantitative estimate of drug-likeness (QED) is 0.182. The van der Waals surface area contributed by atoms with Crippen molar-refractivity contribution in [1.29, 1.82) is 0 Å². The Morgan fingerprint density at radius 3 is 1.58 bits per heavy atom. The largest absolute Gasteiger partial charge is 0.453 e. The van der Waals surface area contributed by atoms with Gasteiger partial charge in [0, 0.05) is 11.3 Å². The lowest BCUT2D eigenvalue weighted by Gasteiger charge is -2.32. The summed E-state index contributed by atoms with van der Waals surface area (Å²) in [5.41, 5.74) is 14.7. The first-order valence-corrected chi connectivity index (χ1v) is 18.0. The van der Waals surface area contributed by atoms with Crippen LogP contribution in [0.4, 0.5) is 17.1 Å². The van der Waals surface area contributed by atoms with Gasteiger partial charge in [0.1, 0.15) is 0 Å². The molecule has 0 bridgehead atoms. The molecule has 0 amide bonds. The van der Waals surface area contributed by atoms with E-state index in [1.165, 1.54) is 33.4 Å². The summed E-state index contributed by atoms with van der Waals surface area (Å²) in [6, 6.07) is 62.3. The molecule has 2 heterocycles. The Bertz CT molecular complexity index is 2750. The molecule has 1 spiro atoms. The van der Waals surface area contributed by atoms with Gasteiger partial charge in [-0.05, 0) is 111 Å². The molecule has 53 heavy (non-hydrogen) atoms. The average Bonchev–Trinajstić information content (AvgIpc) is 3.69. The molecule has 8 aromatic rings.